The highest BCUT2D eigenvalue weighted by molar-refractivity contribution is 6.30. The van der Waals surface area contributed by atoms with E-state index in [1.165, 1.54) is 16.8 Å². The lowest BCUT2D eigenvalue weighted by molar-refractivity contribution is 0.0951. The van der Waals surface area contributed by atoms with Gasteiger partial charge in [-0.25, -0.2) is 4.39 Å². The third kappa shape index (κ3) is 4.79. The highest BCUT2D eigenvalue weighted by atomic mass is 35.5. The molecule has 0 aliphatic carbocycles. The molecule has 0 bridgehead atoms. The van der Waals surface area contributed by atoms with Crippen molar-refractivity contribution in [2.24, 2.45) is 0 Å². The van der Waals surface area contributed by atoms with Crippen LogP contribution >= 0.6 is 11.6 Å². The molecule has 1 amide bonds. The van der Waals surface area contributed by atoms with Crippen LogP contribution in [-0.4, -0.2) is 30.2 Å². The predicted molar refractivity (Wildman–Crippen MR) is 126 cm³/mol. The summed E-state index contributed by atoms with van der Waals surface area (Å²) in [5.74, 6) is -3.21. The standard InChI is InChI=1S/C25H25ClF2N2O4/c1-2-10-33-11-6-4-3-5-9-29-25(32)17-14-30-19-12-15(26)7-8-20(19)34-24-21(28)18(27)13-16(22(24)30)23(17)31/h7-8,12-14H,2-6,9-11H2,1H3,(H,29,32). The molecule has 34 heavy (non-hydrogen) atoms. The van der Waals surface area contributed by atoms with E-state index in [-0.39, 0.29) is 22.2 Å². The molecule has 3 aromatic rings. The molecule has 9 heteroatoms. The van der Waals surface area contributed by atoms with Gasteiger partial charge in [0.15, 0.2) is 17.3 Å². The zero-order chi connectivity index (χ0) is 24.2. The third-order valence-electron chi connectivity index (χ3n) is 5.63. The number of carbonyl (C=O) groups excluding carboxylic acids is 1. The zero-order valence-electron chi connectivity index (χ0n) is 18.8. The molecule has 6 nitrogen and oxygen atoms in total. The normalized spacial score (nSPS) is 11.9. The summed E-state index contributed by atoms with van der Waals surface area (Å²) in [5, 5.41) is 2.98. The maximum Gasteiger partial charge on any atom is 0.256 e. The SMILES string of the molecule is CCCOCCCCCCNC(=O)c1cn2c3c(c(F)c(F)cc3c1=O)Oc1ccc(Cl)cc1-2. The molecule has 180 valence electrons. The summed E-state index contributed by atoms with van der Waals surface area (Å²) in [6.07, 6.45) is 5.92. The van der Waals surface area contributed by atoms with Crippen LogP contribution in [0.2, 0.25) is 5.02 Å². The van der Waals surface area contributed by atoms with Crippen molar-refractivity contribution >= 4 is 28.4 Å². The van der Waals surface area contributed by atoms with Crippen LogP contribution in [-0.2, 0) is 4.74 Å². The van der Waals surface area contributed by atoms with Gasteiger partial charge in [-0.05, 0) is 43.5 Å². The van der Waals surface area contributed by atoms with Crippen molar-refractivity contribution in [2.45, 2.75) is 39.0 Å². The van der Waals surface area contributed by atoms with Gasteiger partial charge in [-0.15, -0.1) is 0 Å². The Hall–Kier alpha value is -2.97. The first kappa shape index (κ1) is 24.2. The van der Waals surface area contributed by atoms with Crippen LogP contribution < -0.4 is 15.5 Å². The molecule has 0 atom stereocenters. The first-order chi connectivity index (χ1) is 16.4. The first-order valence-corrected chi connectivity index (χ1v) is 11.7. The largest absolute Gasteiger partial charge is 0.450 e. The van der Waals surface area contributed by atoms with E-state index in [1.54, 1.807) is 12.1 Å². The Bertz CT molecular complexity index is 1290. The average molecular weight is 491 g/mol. The summed E-state index contributed by atoms with van der Waals surface area (Å²) >= 11 is 6.12. The molecule has 0 spiro atoms. The Morgan fingerprint density at radius 1 is 1.15 bits per heavy atom. The number of rotatable bonds is 10. The second-order valence-corrected chi connectivity index (χ2v) is 8.57. The maximum absolute atomic E-state index is 14.5. The highest BCUT2D eigenvalue weighted by Crippen LogP contribution is 2.42. The molecule has 1 aromatic heterocycles. The minimum atomic E-state index is -1.23. The van der Waals surface area contributed by atoms with Gasteiger partial charge in [-0.3, -0.25) is 9.59 Å². The van der Waals surface area contributed by atoms with Gasteiger partial charge in [-0.1, -0.05) is 31.4 Å². The van der Waals surface area contributed by atoms with E-state index < -0.39 is 28.7 Å². The summed E-state index contributed by atoms with van der Waals surface area (Å²) < 4.78 is 41.3. The number of hydrogen-bond acceptors (Lipinski definition) is 4. The third-order valence-corrected chi connectivity index (χ3v) is 5.86. The van der Waals surface area contributed by atoms with Crippen molar-refractivity contribution < 1.29 is 23.0 Å². The number of nitrogens with one attached hydrogen (secondary N) is 1. The lowest BCUT2D eigenvalue weighted by Crippen LogP contribution is -2.31. The van der Waals surface area contributed by atoms with Crippen LogP contribution in [0.3, 0.4) is 0 Å². The molecule has 0 saturated carbocycles. The van der Waals surface area contributed by atoms with Crippen LogP contribution in [0.1, 0.15) is 49.4 Å². The predicted octanol–water partition coefficient (Wildman–Crippen LogP) is 5.74. The minimum Gasteiger partial charge on any atom is -0.450 e. The van der Waals surface area contributed by atoms with Gasteiger partial charge in [-0.2, -0.15) is 4.39 Å². The van der Waals surface area contributed by atoms with E-state index in [4.69, 9.17) is 21.1 Å². The number of carbonyl (C=O) groups is 1. The second-order valence-electron chi connectivity index (χ2n) is 8.14. The van der Waals surface area contributed by atoms with E-state index >= 15 is 0 Å². The van der Waals surface area contributed by atoms with Crippen molar-refractivity contribution in [1.82, 2.24) is 9.88 Å². The number of pyridine rings is 1. The summed E-state index contributed by atoms with van der Waals surface area (Å²) in [4.78, 5) is 25.9. The van der Waals surface area contributed by atoms with Crippen molar-refractivity contribution in [3.63, 3.8) is 0 Å². The van der Waals surface area contributed by atoms with E-state index in [9.17, 15) is 18.4 Å². The lowest BCUT2D eigenvalue weighted by atomic mass is 10.1. The molecule has 1 N–H and O–H groups in total. The summed E-state index contributed by atoms with van der Waals surface area (Å²) in [7, 11) is 0. The van der Waals surface area contributed by atoms with Crippen LogP contribution in [0.15, 0.2) is 35.3 Å². The van der Waals surface area contributed by atoms with Crippen LogP contribution in [0.4, 0.5) is 8.78 Å². The molecule has 0 saturated heterocycles. The molecule has 4 rings (SSSR count). The van der Waals surface area contributed by atoms with Gasteiger partial charge < -0.3 is 19.4 Å². The Balaban J connectivity index is 1.57. The highest BCUT2D eigenvalue weighted by Gasteiger charge is 2.28. The fourth-order valence-electron chi connectivity index (χ4n) is 3.95. The molecular weight excluding hydrogens is 466 g/mol. The minimum absolute atomic E-state index is 0.0421. The summed E-state index contributed by atoms with van der Waals surface area (Å²) in [6, 6.07) is 5.42. The fourth-order valence-corrected chi connectivity index (χ4v) is 4.12. The molecule has 2 heterocycles. The number of ether oxygens (including phenoxy) is 2. The number of hydrogen-bond donors (Lipinski definition) is 1. The quantitative estimate of drug-likeness (QED) is 0.288. The Morgan fingerprint density at radius 3 is 2.74 bits per heavy atom. The number of unbranched alkanes of at least 4 members (excludes halogenated alkanes) is 3. The van der Waals surface area contributed by atoms with Gasteiger partial charge in [0.1, 0.15) is 11.1 Å². The number of fused-ring (bicyclic) bond motifs is 2. The maximum atomic E-state index is 14.5. The molecule has 1 aliphatic heterocycles. The van der Waals surface area contributed by atoms with Crippen molar-refractivity contribution in [1.29, 1.82) is 0 Å². The summed E-state index contributed by atoms with van der Waals surface area (Å²) in [5.41, 5.74) is -0.424. The molecule has 1 aliphatic rings. The van der Waals surface area contributed by atoms with E-state index in [0.29, 0.717) is 17.3 Å². The molecule has 0 unspecified atom stereocenters. The number of benzene rings is 2. The van der Waals surface area contributed by atoms with Gasteiger partial charge in [0.25, 0.3) is 5.91 Å². The lowest BCUT2D eigenvalue weighted by Gasteiger charge is -2.24. The topological polar surface area (TPSA) is 69.6 Å². The van der Waals surface area contributed by atoms with Gasteiger partial charge >= 0.3 is 0 Å². The Morgan fingerprint density at radius 2 is 1.94 bits per heavy atom. The molecular formula is C25H25ClF2N2O4. The van der Waals surface area contributed by atoms with E-state index in [0.717, 1.165) is 51.4 Å². The number of halogens is 3. The van der Waals surface area contributed by atoms with Crippen LogP contribution in [0, 0.1) is 11.6 Å². The fraction of sp³-hybridized carbons (Fsp3) is 0.360. The van der Waals surface area contributed by atoms with Crippen LogP contribution in [0.25, 0.3) is 16.6 Å². The van der Waals surface area contributed by atoms with E-state index in [1.807, 2.05) is 0 Å². The van der Waals surface area contributed by atoms with Crippen molar-refractivity contribution in [2.75, 3.05) is 19.8 Å². The van der Waals surface area contributed by atoms with Gasteiger partial charge in [0.2, 0.25) is 11.2 Å². The average Bonchev–Trinajstić information content (AvgIpc) is 2.82. The number of amides is 1. The summed E-state index contributed by atoms with van der Waals surface area (Å²) in [6.45, 7) is 3.94. The number of aromatic nitrogens is 1. The number of nitrogens with zero attached hydrogens (tertiary/aromatic N) is 1. The monoisotopic (exact) mass is 490 g/mol. The molecule has 2 aromatic carbocycles. The second kappa shape index (κ2) is 10.5. The zero-order valence-corrected chi connectivity index (χ0v) is 19.5. The van der Waals surface area contributed by atoms with E-state index in [2.05, 4.69) is 12.2 Å². The molecule has 0 fully saturated rings. The van der Waals surface area contributed by atoms with Crippen LogP contribution in [0.5, 0.6) is 11.5 Å². The van der Waals surface area contributed by atoms with Crippen molar-refractivity contribution in [3.8, 4) is 17.2 Å². The molecule has 0 radical (unpaired) electrons. The van der Waals surface area contributed by atoms with Crippen molar-refractivity contribution in [3.05, 3.63) is 62.9 Å². The Kier molecular flexibility index (Phi) is 7.48. The Labute approximate surface area is 200 Å². The first-order valence-electron chi connectivity index (χ1n) is 11.3. The smallest absolute Gasteiger partial charge is 0.256 e. The van der Waals surface area contributed by atoms with Gasteiger partial charge in [0, 0.05) is 31.0 Å². The van der Waals surface area contributed by atoms with Gasteiger partial charge in [0.05, 0.1) is 11.1 Å².